The summed E-state index contributed by atoms with van der Waals surface area (Å²) in [6.45, 7) is 2.10. The molecule has 1 fully saturated rings. The SMILES string of the molecule is CN(C)C(=O)c1ccc(C(=O)N2CCNCC2c2cccnc2)cc1.Cl. The van der Waals surface area contributed by atoms with E-state index in [2.05, 4.69) is 10.3 Å². The van der Waals surface area contributed by atoms with Crippen molar-refractivity contribution in [3.63, 3.8) is 0 Å². The van der Waals surface area contributed by atoms with Crippen molar-refractivity contribution in [1.82, 2.24) is 20.1 Å². The lowest BCUT2D eigenvalue weighted by Crippen LogP contribution is -2.48. The summed E-state index contributed by atoms with van der Waals surface area (Å²) in [5, 5.41) is 3.33. The number of carbonyl (C=O) groups is 2. The molecule has 0 bridgehead atoms. The van der Waals surface area contributed by atoms with Crippen LogP contribution < -0.4 is 5.32 Å². The maximum absolute atomic E-state index is 13.0. The Bertz CT molecular complexity index is 750. The molecule has 1 unspecified atom stereocenters. The van der Waals surface area contributed by atoms with E-state index in [0.29, 0.717) is 24.2 Å². The van der Waals surface area contributed by atoms with Crippen LogP contribution in [0.4, 0.5) is 0 Å². The number of rotatable bonds is 3. The van der Waals surface area contributed by atoms with Crippen molar-refractivity contribution in [2.24, 2.45) is 0 Å². The van der Waals surface area contributed by atoms with Crippen LogP contribution in [0.2, 0.25) is 0 Å². The van der Waals surface area contributed by atoms with E-state index in [1.807, 2.05) is 17.0 Å². The van der Waals surface area contributed by atoms with Gasteiger partial charge < -0.3 is 15.1 Å². The van der Waals surface area contributed by atoms with Crippen molar-refractivity contribution in [2.75, 3.05) is 33.7 Å². The van der Waals surface area contributed by atoms with Gasteiger partial charge in [0.05, 0.1) is 6.04 Å². The normalized spacial score (nSPS) is 16.5. The summed E-state index contributed by atoms with van der Waals surface area (Å²) in [7, 11) is 3.42. The molecule has 1 N–H and O–H groups in total. The van der Waals surface area contributed by atoms with Crippen LogP contribution >= 0.6 is 12.4 Å². The molecule has 138 valence electrons. The molecule has 1 saturated heterocycles. The standard InChI is InChI=1S/C19H22N4O2.ClH/c1-22(2)18(24)14-5-7-15(8-6-14)19(25)23-11-10-21-13-17(23)16-4-3-9-20-12-16;/h3-9,12,17,21H,10-11,13H2,1-2H3;1H. The summed E-state index contributed by atoms with van der Waals surface area (Å²) in [6.07, 6.45) is 3.53. The predicted octanol–water partition coefficient (Wildman–Crippen LogP) is 1.99. The highest BCUT2D eigenvalue weighted by atomic mass is 35.5. The number of nitrogens with zero attached hydrogens (tertiary/aromatic N) is 3. The minimum Gasteiger partial charge on any atom is -0.345 e. The van der Waals surface area contributed by atoms with E-state index in [0.717, 1.165) is 12.1 Å². The average molecular weight is 375 g/mol. The van der Waals surface area contributed by atoms with Crippen LogP contribution in [-0.2, 0) is 0 Å². The van der Waals surface area contributed by atoms with E-state index >= 15 is 0 Å². The number of amides is 2. The van der Waals surface area contributed by atoms with Crippen molar-refractivity contribution in [1.29, 1.82) is 0 Å². The Labute approximate surface area is 159 Å². The van der Waals surface area contributed by atoms with Crippen molar-refractivity contribution < 1.29 is 9.59 Å². The zero-order valence-corrected chi connectivity index (χ0v) is 15.7. The summed E-state index contributed by atoms with van der Waals surface area (Å²) in [5.74, 6) is -0.103. The number of pyridine rings is 1. The number of halogens is 1. The first-order chi connectivity index (χ1) is 12.1. The molecule has 3 rings (SSSR count). The molecule has 2 heterocycles. The van der Waals surface area contributed by atoms with E-state index in [9.17, 15) is 9.59 Å². The predicted molar refractivity (Wildman–Crippen MR) is 103 cm³/mol. The average Bonchev–Trinajstić information content (AvgIpc) is 2.67. The first kappa shape index (κ1) is 19.9. The van der Waals surface area contributed by atoms with Crippen molar-refractivity contribution in [3.8, 4) is 0 Å². The topological polar surface area (TPSA) is 65.5 Å². The molecular weight excluding hydrogens is 352 g/mol. The largest absolute Gasteiger partial charge is 0.345 e. The maximum Gasteiger partial charge on any atom is 0.254 e. The molecule has 1 aliphatic rings. The fourth-order valence-electron chi connectivity index (χ4n) is 3.00. The first-order valence-corrected chi connectivity index (χ1v) is 8.31. The highest BCUT2D eigenvalue weighted by Crippen LogP contribution is 2.23. The molecule has 0 spiro atoms. The van der Waals surface area contributed by atoms with Gasteiger partial charge >= 0.3 is 0 Å². The van der Waals surface area contributed by atoms with Gasteiger partial charge in [0.2, 0.25) is 0 Å². The third-order valence-corrected chi connectivity index (χ3v) is 4.36. The van der Waals surface area contributed by atoms with Gasteiger partial charge in [-0.15, -0.1) is 12.4 Å². The second kappa shape index (κ2) is 8.78. The number of aromatic nitrogens is 1. The highest BCUT2D eigenvalue weighted by molar-refractivity contribution is 5.97. The molecule has 1 aromatic carbocycles. The fraction of sp³-hybridized carbons (Fsp3) is 0.316. The van der Waals surface area contributed by atoms with Crippen LogP contribution in [-0.4, -0.2) is 60.3 Å². The molecule has 0 radical (unpaired) electrons. The number of piperazine rings is 1. The molecule has 26 heavy (non-hydrogen) atoms. The van der Waals surface area contributed by atoms with E-state index in [-0.39, 0.29) is 30.3 Å². The monoisotopic (exact) mass is 374 g/mol. The molecule has 2 amide bonds. The minimum absolute atomic E-state index is 0. The number of hydrogen-bond donors (Lipinski definition) is 1. The highest BCUT2D eigenvalue weighted by Gasteiger charge is 2.28. The van der Waals surface area contributed by atoms with Crippen LogP contribution in [0.25, 0.3) is 0 Å². The number of hydrogen-bond acceptors (Lipinski definition) is 4. The number of benzene rings is 1. The minimum atomic E-state index is -0.0746. The van der Waals surface area contributed by atoms with Gasteiger partial charge in [-0.25, -0.2) is 0 Å². The van der Waals surface area contributed by atoms with Gasteiger partial charge in [-0.05, 0) is 35.9 Å². The second-order valence-corrected chi connectivity index (χ2v) is 6.28. The quantitative estimate of drug-likeness (QED) is 0.892. The number of nitrogens with one attached hydrogen (secondary N) is 1. The summed E-state index contributed by atoms with van der Waals surface area (Å²) in [6, 6.07) is 10.7. The van der Waals surface area contributed by atoms with Gasteiger partial charge in [0.1, 0.15) is 0 Å². The van der Waals surface area contributed by atoms with E-state index in [4.69, 9.17) is 0 Å². The lowest BCUT2D eigenvalue weighted by molar-refractivity contribution is 0.0633. The second-order valence-electron chi connectivity index (χ2n) is 6.28. The molecule has 1 aromatic heterocycles. The summed E-state index contributed by atoms with van der Waals surface area (Å²) < 4.78 is 0. The first-order valence-electron chi connectivity index (χ1n) is 8.31. The molecule has 2 aromatic rings. The zero-order chi connectivity index (χ0) is 17.8. The van der Waals surface area contributed by atoms with E-state index in [1.54, 1.807) is 50.8 Å². The molecule has 1 atom stereocenters. The van der Waals surface area contributed by atoms with Gasteiger partial charge in [-0.2, -0.15) is 0 Å². The molecular formula is C19H23ClN4O2. The number of carbonyl (C=O) groups excluding carboxylic acids is 2. The Hall–Kier alpha value is -2.44. The van der Waals surface area contributed by atoms with Crippen molar-refractivity contribution in [2.45, 2.75) is 6.04 Å². The molecule has 0 aliphatic carbocycles. The van der Waals surface area contributed by atoms with Gasteiger partial charge in [-0.3, -0.25) is 14.6 Å². The van der Waals surface area contributed by atoms with Crippen molar-refractivity contribution in [3.05, 3.63) is 65.5 Å². The van der Waals surface area contributed by atoms with Gasteiger partial charge in [-0.1, -0.05) is 6.07 Å². The summed E-state index contributed by atoms with van der Waals surface area (Å²) in [4.78, 5) is 32.5. The lowest BCUT2D eigenvalue weighted by atomic mass is 10.0. The van der Waals surface area contributed by atoms with Gasteiger partial charge in [0.15, 0.2) is 0 Å². The third kappa shape index (κ3) is 4.20. The van der Waals surface area contributed by atoms with Crippen molar-refractivity contribution >= 4 is 24.2 Å². The Kier molecular flexibility index (Phi) is 6.71. The molecule has 0 saturated carbocycles. The Morgan fingerprint density at radius 2 is 1.85 bits per heavy atom. The summed E-state index contributed by atoms with van der Waals surface area (Å²) in [5.41, 5.74) is 2.18. The van der Waals surface area contributed by atoms with Crippen LogP contribution in [0.15, 0.2) is 48.8 Å². The Morgan fingerprint density at radius 1 is 1.15 bits per heavy atom. The Balaban J connectivity index is 0.00000243. The van der Waals surface area contributed by atoms with Gasteiger partial charge in [0, 0.05) is 57.3 Å². The fourth-order valence-corrected chi connectivity index (χ4v) is 3.00. The maximum atomic E-state index is 13.0. The molecule has 7 heteroatoms. The van der Waals surface area contributed by atoms with E-state index in [1.165, 1.54) is 4.90 Å². The molecule has 1 aliphatic heterocycles. The van der Waals surface area contributed by atoms with E-state index < -0.39 is 0 Å². The summed E-state index contributed by atoms with van der Waals surface area (Å²) >= 11 is 0. The lowest BCUT2D eigenvalue weighted by Gasteiger charge is -2.36. The van der Waals surface area contributed by atoms with Crippen LogP contribution in [0, 0.1) is 0 Å². The third-order valence-electron chi connectivity index (χ3n) is 4.36. The van der Waals surface area contributed by atoms with Crippen LogP contribution in [0.3, 0.4) is 0 Å². The molecule has 6 nitrogen and oxygen atoms in total. The van der Waals surface area contributed by atoms with Crippen LogP contribution in [0.5, 0.6) is 0 Å². The Morgan fingerprint density at radius 3 is 2.46 bits per heavy atom. The van der Waals surface area contributed by atoms with Gasteiger partial charge in [0.25, 0.3) is 11.8 Å². The zero-order valence-electron chi connectivity index (χ0n) is 14.9. The smallest absolute Gasteiger partial charge is 0.254 e. The van der Waals surface area contributed by atoms with Crippen LogP contribution in [0.1, 0.15) is 32.3 Å².